The third kappa shape index (κ3) is 3.26. The third-order valence-electron chi connectivity index (χ3n) is 4.61. The molecule has 3 atom stereocenters. The maximum atomic E-state index is 12.6. The van der Waals surface area contributed by atoms with Crippen LogP contribution in [0.4, 0.5) is 0 Å². The Labute approximate surface area is 114 Å². The summed E-state index contributed by atoms with van der Waals surface area (Å²) in [5.41, 5.74) is 5.77. The first-order valence-corrected chi connectivity index (χ1v) is 7.35. The monoisotopic (exact) mass is 268 g/mol. The minimum atomic E-state index is -0.781. The van der Waals surface area contributed by atoms with Gasteiger partial charge < -0.3 is 15.7 Å². The van der Waals surface area contributed by atoms with Gasteiger partial charge in [-0.2, -0.15) is 0 Å². The van der Waals surface area contributed by atoms with Crippen molar-refractivity contribution in [2.75, 3.05) is 19.6 Å². The van der Waals surface area contributed by atoms with E-state index in [-0.39, 0.29) is 17.7 Å². The van der Waals surface area contributed by atoms with Crippen LogP contribution in [-0.4, -0.2) is 41.5 Å². The average molecular weight is 268 g/mol. The van der Waals surface area contributed by atoms with E-state index in [1.54, 1.807) is 4.90 Å². The highest BCUT2D eigenvalue weighted by Gasteiger charge is 2.35. The molecule has 1 saturated heterocycles. The second-order valence-corrected chi connectivity index (χ2v) is 5.85. The van der Waals surface area contributed by atoms with Crippen LogP contribution in [0.15, 0.2) is 0 Å². The minimum Gasteiger partial charge on any atom is -0.481 e. The van der Waals surface area contributed by atoms with E-state index in [4.69, 9.17) is 10.8 Å². The largest absolute Gasteiger partial charge is 0.481 e. The van der Waals surface area contributed by atoms with Crippen molar-refractivity contribution < 1.29 is 14.7 Å². The fraction of sp³-hybridized carbons (Fsp3) is 0.857. The molecule has 1 saturated carbocycles. The fourth-order valence-corrected chi connectivity index (χ4v) is 3.43. The molecule has 2 unspecified atom stereocenters. The number of rotatable bonds is 3. The average Bonchev–Trinajstić information content (AvgIpc) is 2.46. The Morgan fingerprint density at radius 1 is 1.16 bits per heavy atom. The first-order valence-electron chi connectivity index (χ1n) is 7.35. The fourth-order valence-electron chi connectivity index (χ4n) is 3.43. The quantitative estimate of drug-likeness (QED) is 0.802. The number of carbonyl (C=O) groups excluding carboxylic acids is 1. The highest BCUT2D eigenvalue weighted by Crippen LogP contribution is 2.32. The molecule has 5 nitrogen and oxygen atoms in total. The number of carboxylic acids is 1. The highest BCUT2D eigenvalue weighted by molar-refractivity contribution is 5.80. The smallest absolute Gasteiger partial charge is 0.308 e. The maximum Gasteiger partial charge on any atom is 0.308 e. The van der Waals surface area contributed by atoms with E-state index < -0.39 is 11.9 Å². The van der Waals surface area contributed by atoms with Crippen LogP contribution in [0.5, 0.6) is 0 Å². The van der Waals surface area contributed by atoms with Gasteiger partial charge in [0.15, 0.2) is 0 Å². The Bertz CT molecular complexity index is 346. The van der Waals surface area contributed by atoms with Gasteiger partial charge in [0, 0.05) is 19.0 Å². The number of aliphatic carboxylic acids is 1. The van der Waals surface area contributed by atoms with Gasteiger partial charge in [0.1, 0.15) is 0 Å². The van der Waals surface area contributed by atoms with Gasteiger partial charge in [0.25, 0.3) is 0 Å². The molecule has 2 aliphatic rings. The number of likely N-dealkylation sites (tertiary alicyclic amines) is 1. The lowest BCUT2D eigenvalue weighted by Crippen LogP contribution is -2.47. The Morgan fingerprint density at radius 3 is 2.58 bits per heavy atom. The van der Waals surface area contributed by atoms with Gasteiger partial charge in [-0.15, -0.1) is 0 Å². The third-order valence-corrected chi connectivity index (χ3v) is 4.61. The van der Waals surface area contributed by atoms with E-state index in [2.05, 4.69) is 0 Å². The van der Waals surface area contributed by atoms with E-state index >= 15 is 0 Å². The van der Waals surface area contributed by atoms with Crippen molar-refractivity contribution in [2.45, 2.75) is 38.5 Å². The van der Waals surface area contributed by atoms with Crippen molar-refractivity contribution in [1.29, 1.82) is 0 Å². The molecule has 0 aromatic heterocycles. The molecule has 2 fully saturated rings. The van der Waals surface area contributed by atoms with Crippen molar-refractivity contribution in [3.8, 4) is 0 Å². The molecule has 2 rings (SSSR count). The van der Waals surface area contributed by atoms with Crippen LogP contribution < -0.4 is 5.73 Å². The van der Waals surface area contributed by atoms with Crippen LogP contribution in [-0.2, 0) is 9.59 Å². The first-order chi connectivity index (χ1) is 9.13. The second-order valence-electron chi connectivity index (χ2n) is 5.85. The van der Waals surface area contributed by atoms with Crippen LogP contribution in [0, 0.1) is 17.8 Å². The van der Waals surface area contributed by atoms with Crippen molar-refractivity contribution >= 4 is 11.9 Å². The number of carboxylic acid groups (broad SMARTS) is 1. The molecule has 19 heavy (non-hydrogen) atoms. The molecule has 108 valence electrons. The van der Waals surface area contributed by atoms with Crippen LogP contribution in [0.2, 0.25) is 0 Å². The summed E-state index contributed by atoms with van der Waals surface area (Å²) in [6.45, 7) is 1.64. The standard InChI is InChI=1S/C14H24N2O3/c15-8-10-4-1-2-6-12(10)13(17)16-7-3-5-11(9-16)14(18)19/h10-12H,1-9,15H2,(H,18,19)/t10?,11-,12?/m1/s1. The van der Waals surface area contributed by atoms with Gasteiger partial charge in [0.2, 0.25) is 5.91 Å². The molecule has 1 amide bonds. The summed E-state index contributed by atoms with van der Waals surface area (Å²) in [5.74, 6) is -0.729. The Kier molecular flexibility index (Phi) is 4.80. The van der Waals surface area contributed by atoms with Crippen LogP contribution in [0.3, 0.4) is 0 Å². The van der Waals surface area contributed by atoms with E-state index in [0.717, 1.165) is 32.1 Å². The van der Waals surface area contributed by atoms with E-state index in [0.29, 0.717) is 26.1 Å². The Hall–Kier alpha value is -1.10. The van der Waals surface area contributed by atoms with Gasteiger partial charge in [-0.05, 0) is 38.1 Å². The number of amides is 1. The molecule has 0 aromatic rings. The van der Waals surface area contributed by atoms with E-state index in [9.17, 15) is 9.59 Å². The Morgan fingerprint density at radius 2 is 1.89 bits per heavy atom. The van der Waals surface area contributed by atoms with Crippen LogP contribution in [0.1, 0.15) is 38.5 Å². The molecule has 1 aliphatic heterocycles. The summed E-state index contributed by atoms with van der Waals surface area (Å²) in [4.78, 5) is 25.4. The zero-order chi connectivity index (χ0) is 13.8. The lowest BCUT2D eigenvalue weighted by Gasteiger charge is -2.37. The molecule has 0 bridgehead atoms. The van der Waals surface area contributed by atoms with Gasteiger partial charge >= 0.3 is 5.97 Å². The normalized spacial score (nSPS) is 32.1. The number of carbonyl (C=O) groups is 2. The molecule has 3 N–H and O–H groups in total. The van der Waals surface area contributed by atoms with Gasteiger partial charge in [-0.25, -0.2) is 0 Å². The summed E-state index contributed by atoms with van der Waals surface area (Å²) in [6, 6.07) is 0. The number of hydrogen-bond donors (Lipinski definition) is 2. The van der Waals surface area contributed by atoms with Gasteiger partial charge in [0.05, 0.1) is 5.92 Å². The minimum absolute atomic E-state index is 0.0197. The summed E-state index contributed by atoms with van der Waals surface area (Å²) in [6.07, 6.45) is 5.66. The lowest BCUT2D eigenvalue weighted by molar-refractivity contribution is -0.147. The maximum absolute atomic E-state index is 12.6. The molecule has 0 aromatic carbocycles. The number of hydrogen-bond acceptors (Lipinski definition) is 3. The van der Waals surface area contributed by atoms with E-state index in [1.165, 1.54) is 0 Å². The molecule has 0 spiro atoms. The van der Waals surface area contributed by atoms with E-state index in [1.807, 2.05) is 0 Å². The van der Waals surface area contributed by atoms with Gasteiger partial charge in [-0.3, -0.25) is 9.59 Å². The summed E-state index contributed by atoms with van der Waals surface area (Å²) >= 11 is 0. The molecular weight excluding hydrogens is 244 g/mol. The van der Waals surface area contributed by atoms with Crippen molar-refractivity contribution in [3.63, 3.8) is 0 Å². The molecule has 1 heterocycles. The molecule has 1 aliphatic carbocycles. The van der Waals surface area contributed by atoms with Crippen molar-refractivity contribution in [2.24, 2.45) is 23.5 Å². The lowest BCUT2D eigenvalue weighted by atomic mass is 9.78. The molecule has 0 radical (unpaired) electrons. The Balaban J connectivity index is 1.99. The zero-order valence-electron chi connectivity index (χ0n) is 11.4. The number of piperidine rings is 1. The van der Waals surface area contributed by atoms with Crippen molar-refractivity contribution in [3.05, 3.63) is 0 Å². The molecule has 5 heteroatoms. The van der Waals surface area contributed by atoms with Crippen molar-refractivity contribution in [1.82, 2.24) is 4.90 Å². The van der Waals surface area contributed by atoms with Crippen LogP contribution in [0.25, 0.3) is 0 Å². The first kappa shape index (κ1) is 14.3. The second kappa shape index (κ2) is 6.37. The number of nitrogens with zero attached hydrogens (tertiary/aromatic N) is 1. The predicted octanol–water partition coefficient (Wildman–Crippen LogP) is 1.07. The predicted molar refractivity (Wildman–Crippen MR) is 71.4 cm³/mol. The SMILES string of the molecule is NCC1CCCCC1C(=O)N1CCC[C@@H](C(=O)O)C1. The number of nitrogens with two attached hydrogens (primary N) is 1. The summed E-state index contributed by atoms with van der Waals surface area (Å²) < 4.78 is 0. The van der Waals surface area contributed by atoms with Gasteiger partial charge in [-0.1, -0.05) is 12.8 Å². The summed E-state index contributed by atoms with van der Waals surface area (Å²) in [5, 5.41) is 9.09. The zero-order valence-corrected chi connectivity index (χ0v) is 11.4. The molecular formula is C14H24N2O3. The summed E-state index contributed by atoms with van der Waals surface area (Å²) in [7, 11) is 0. The van der Waals surface area contributed by atoms with Crippen LogP contribution >= 0.6 is 0 Å². The topological polar surface area (TPSA) is 83.6 Å². The highest BCUT2D eigenvalue weighted by atomic mass is 16.4.